The first-order valence-corrected chi connectivity index (χ1v) is 10.5. The van der Waals surface area contributed by atoms with Gasteiger partial charge in [-0.25, -0.2) is 0 Å². The lowest BCUT2D eigenvalue weighted by Gasteiger charge is -2.18. The lowest BCUT2D eigenvalue weighted by molar-refractivity contribution is -0.124. The maximum Gasteiger partial charge on any atom is 0.281 e. The molecular weight excluding hydrogens is 404 g/mol. The molecule has 0 aliphatic heterocycles. The minimum atomic E-state index is -0.498. The van der Waals surface area contributed by atoms with Crippen molar-refractivity contribution in [2.75, 3.05) is 7.11 Å². The number of carbonyl (C=O) groups is 1. The standard InChI is InChI=1S/C25H26N4O3/c1-16-21-15-27-29(20-11-6-5-7-12-20)25(31)23(21)17(2)28(16)18(3)24(30)26-14-19-10-8-9-13-22(19)32-4/h5-13,15,18H,14H2,1-4H3,(H,26,30). The van der Waals surface area contributed by atoms with E-state index >= 15 is 0 Å². The fraction of sp³-hybridized carbons (Fsp3) is 0.240. The number of ether oxygens (including phenoxy) is 1. The number of aromatic nitrogens is 3. The van der Waals surface area contributed by atoms with Gasteiger partial charge in [0.15, 0.2) is 0 Å². The third-order valence-electron chi connectivity index (χ3n) is 5.87. The van der Waals surface area contributed by atoms with Gasteiger partial charge in [-0.3, -0.25) is 9.59 Å². The summed E-state index contributed by atoms with van der Waals surface area (Å²) in [7, 11) is 1.61. The number of amides is 1. The van der Waals surface area contributed by atoms with E-state index in [4.69, 9.17) is 4.74 Å². The molecule has 1 atom stereocenters. The second-order valence-corrected chi connectivity index (χ2v) is 7.73. The van der Waals surface area contributed by atoms with Gasteiger partial charge in [0.2, 0.25) is 5.91 Å². The van der Waals surface area contributed by atoms with Crippen LogP contribution in [0.25, 0.3) is 16.5 Å². The van der Waals surface area contributed by atoms with Crippen LogP contribution in [0.3, 0.4) is 0 Å². The lowest BCUT2D eigenvalue weighted by Crippen LogP contribution is -2.31. The smallest absolute Gasteiger partial charge is 0.281 e. The van der Waals surface area contributed by atoms with Crippen LogP contribution in [0.4, 0.5) is 0 Å². The van der Waals surface area contributed by atoms with E-state index in [1.54, 1.807) is 13.3 Å². The first-order chi connectivity index (χ1) is 15.4. The molecule has 2 aromatic heterocycles. The Kier molecular flexibility index (Phi) is 5.81. The van der Waals surface area contributed by atoms with Crippen molar-refractivity contribution in [3.63, 3.8) is 0 Å². The molecule has 164 valence electrons. The summed E-state index contributed by atoms with van der Waals surface area (Å²) in [6.07, 6.45) is 1.70. The number of nitrogens with one attached hydrogen (secondary N) is 1. The Bertz CT molecular complexity index is 1340. The molecule has 0 aliphatic rings. The molecule has 7 nitrogen and oxygen atoms in total. The van der Waals surface area contributed by atoms with Crippen molar-refractivity contribution in [2.45, 2.75) is 33.4 Å². The maximum absolute atomic E-state index is 13.3. The van der Waals surface area contributed by atoms with Gasteiger partial charge in [-0.05, 0) is 39.0 Å². The summed E-state index contributed by atoms with van der Waals surface area (Å²) in [5, 5.41) is 8.68. The Morgan fingerprint density at radius 3 is 2.47 bits per heavy atom. The first-order valence-electron chi connectivity index (χ1n) is 10.5. The number of nitrogens with zero attached hydrogens (tertiary/aromatic N) is 3. The summed E-state index contributed by atoms with van der Waals surface area (Å²) in [6, 6.07) is 16.4. The highest BCUT2D eigenvalue weighted by atomic mass is 16.5. The predicted octanol–water partition coefficient (Wildman–Crippen LogP) is 3.69. The van der Waals surface area contributed by atoms with Crippen LogP contribution < -0.4 is 15.6 Å². The highest BCUT2D eigenvalue weighted by Gasteiger charge is 2.23. The summed E-state index contributed by atoms with van der Waals surface area (Å²) < 4.78 is 8.66. The molecule has 0 saturated heterocycles. The van der Waals surface area contributed by atoms with Gasteiger partial charge in [0.05, 0.1) is 24.4 Å². The van der Waals surface area contributed by atoms with Crippen LogP contribution in [0.5, 0.6) is 5.75 Å². The normalized spacial score (nSPS) is 12.0. The van der Waals surface area contributed by atoms with E-state index in [2.05, 4.69) is 10.4 Å². The second kappa shape index (κ2) is 8.70. The predicted molar refractivity (Wildman–Crippen MR) is 124 cm³/mol. The van der Waals surface area contributed by atoms with Gasteiger partial charge < -0.3 is 14.6 Å². The number of benzene rings is 2. The molecule has 0 fully saturated rings. The Morgan fingerprint density at radius 1 is 1.06 bits per heavy atom. The molecule has 0 saturated carbocycles. The topological polar surface area (TPSA) is 78.2 Å². The highest BCUT2D eigenvalue weighted by Crippen LogP contribution is 2.26. The van der Waals surface area contributed by atoms with Crippen molar-refractivity contribution in [2.24, 2.45) is 0 Å². The van der Waals surface area contributed by atoms with Crippen LogP contribution in [-0.2, 0) is 11.3 Å². The average Bonchev–Trinajstić information content (AvgIpc) is 3.08. The van der Waals surface area contributed by atoms with Crippen LogP contribution in [0.15, 0.2) is 65.6 Å². The van der Waals surface area contributed by atoms with Crippen molar-refractivity contribution >= 4 is 16.7 Å². The number of fused-ring (bicyclic) bond motifs is 1. The Morgan fingerprint density at radius 2 is 1.75 bits per heavy atom. The molecule has 2 aromatic carbocycles. The Balaban J connectivity index is 1.67. The fourth-order valence-electron chi connectivity index (χ4n) is 4.21. The van der Waals surface area contributed by atoms with Crippen molar-refractivity contribution < 1.29 is 9.53 Å². The van der Waals surface area contributed by atoms with Crippen molar-refractivity contribution in [3.05, 3.63) is 88.1 Å². The van der Waals surface area contributed by atoms with E-state index in [1.807, 2.05) is 79.9 Å². The fourth-order valence-corrected chi connectivity index (χ4v) is 4.21. The van der Waals surface area contributed by atoms with Crippen LogP contribution >= 0.6 is 0 Å². The monoisotopic (exact) mass is 430 g/mol. The summed E-state index contributed by atoms with van der Waals surface area (Å²) in [5.41, 5.74) is 2.98. The maximum atomic E-state index is 13.3. The molecule has 1 N–H and O–H groups in total. The molecule has 2 heterocycles. The van der Waals surface area contributed by atoms with Crippen LogP contribution in [-0.4, -0.2) is 27.4 Å². The van der Waals surface area contributed by atoms with Crippen LogP contribution in [0.2, 0.25) is 0 Å². The van der Waals surface area contributed by atoms with E-state index in [-0.39, 0.29) is 11.5 Å². The summed E-state index contributed by atoms with van der Waals surface area (Å²) in [5.74, 6) is 0.589. The van der Waals surface area contributed by atoms with Crippen molar-refractivity contribution in [3.8, 4) is 11.4 Å². The van der Waals surface area contributed by atoms with Gasteiger partial charge in [0.1, 0.15) is 11.8 Å². The van der Waals surface area contributed by atoms with E-state index < -0.39 is 6.04 Å². The van der Waals surface area contributed by atoms with Gasteiger partial charge in [-0.2, -0.15) is 9.78 Å². The van der Waals surface area contributed by atoms with E-state index in [0.29, 0.717) is 17.6 Å². The molecule has 0 bridgehead atoms. The first kappa shape index (κ1) is 21.4. The van der Waals surface area contributed by atoms with Gasteiger partial charge in [0.25, 0.3) is 5.56 Å². The largest absolute Gasteiger partial charge is 0.496 e. The minimum absolute atomic E-state index is 0.140. The third-order valence-corrected chi connectivity index (χ3v) is 5.87. The molecule has 7 heteroatoms. The van der Waals surface area contributed by atoms with E-state index in [1.165, 1.54) is 4.68 Å². The van der Waals surface area contributed by atoms with Gasteiger partial charge >= 0.3 is 0 Å². The number of carbonyl (C=O) groups excluding carboxylic acids is 1. The molecule has 0 radical (unpaired) electrons. The Hall–Kier alpha value is -3.87. The molecule has 0 aliphatic carbocycles. The van der Waals surface area contributed by atoms with E-state index in [0.717, 1.165) is 28.1 Å². The van der Waals surface area contributed by atoms with Crippen molar-refractivity contribution in [1.82, 2.24) is 19.7 Å². The van der Waals surface area contributed by atoms with Crippen LogP contribution in [0, 0.1) is 13.8 Å². The quantitative estimate of drug-likeness (QED) is 0.506. The Labute approximate surface area is 186 Å². The van der Waals surface area contributed by atoms with Gasteiger partial charge in [-0.1, -0.05) is 36.4 Å². The molecule has 32 heavy (non-hydrogen) atoms. The number of aryl methyl sites for hydroxylation is 2. The zero-order valence-corrected chi connectivity index (χ0v) is 18.6. The van der Waals surface area contributed by atoms with Crippen molar-refractivity contribution in [1.29, 1.82) is 0 Å². The number of methoxy groups -OCH3 is 1. The number of hydrogen-bond acceptors (Lipinski definition) is 4. The third kappa shape index (κ3) is 3.66. The lowest BCUT2D eigenvalue weighted by atomic mass is 10.2. The van der Waals surface area contributed by atoms with Gasteiger partial charge in [-0.15, -0.1) is 0 Å². The SMILES string of the molecule is COc1ccccc1CNC(=O)C(C)n1c(C)c2cnn(-c3ccccc3)c(=O)c2c1C. The molecule has 4 aromatic rings. The minimum Gasteiger partial charge on any atom is -0.496 e. The van der Waals surface area contributed by atoms with Gasteiger partial charge in [0, 0.05) is 28.9 Å². The molecule has 0 spiro atoms. The zero-order chi connectivity index (χ0) is 22.8. The molecule has 1 amide bonds. The number of para-hydroxylation sites is 2. The molecule has 4 rings (SSSR count). The van der Waals surface area contributed by atoms with E-state index in [9.17, 15) is 9.59 Å². The summed E-state index contributed by atoms with van der Waals surface area (Å²) >= 11 is 0. The molecular formula is C25H26N4O3. The zero-order valence-electron chi connectivity index (χ0n) is 18.6. The second-order valence-electron chi connectivity index (χ2n) is 7.73. The molecule has 1 unspecified atom stereocenters. The highest BCUT2D eigenvalue weighted by molar-refractivity contribution is 5.89. The summed E-state index contributed by atoms with van der Waals surface area (Å²) in [6.45, 7) is 5.97. The number of hydrogen-bond donors (Lipinski definition) is 1. The average molecular weight is 431 g/mol. The number of rotatable bonds is 6. The van der Waals surface area contributed by atoms with Crippen LogP contribution in [0.1, 0.15) is 29.9 Å². The summed E-state index contributed by atoms with van der Waals surface area (Å²) in [4.78, 5) is 26.3.